The van der Waals surface area contributed by atoms with E-state index >= 15 is 0 Å². The van der Waals surface area contributed by atoms with Crippen LogP contribution in [0.5, 0.6) is 0 Å². The van der Waals surface area contributed by atoms with Crippen molar-refractivity contribution in [2.24, 2.45) is 28.2 Å². The first-order chi connectivity index (χ1) is 49.3. The first kappa shape index (κ1) is 77.9. The van der Waals surface area contributed by atoms with E-state index in [1.165, 1.54) is 28.1 Å². The van der Waals surface area contributed by atoms with Crippen LogP contribution in [0.15, 0.2) is 129 Å². The van der Waals surface area contributed by atoms with Gasteiger partial charge in [0.1, 0.15) is 80.4 Å². The smallest absolute Gasteiger partial charge is 0.297 e. The highest BCUT2D eigenvalue weighted by Gasteiger charge is 2.24. The van der Waals surface area contributed by atoms with E-state index in [0.29, 0.717) is 60.0 Å². The molecular weight excluding hydrogens is 1340 g/mol. The van der Waals surface area contributed by atoms with Gasteiger partial charge in [0, 0.05) is 101 Å². The van der Waals surface area contributed by atoms with Crippen LogP contribution in [0.4, 0.5) is 92.0 Å². The molecule has 0 saturated carbocycles. The number of para-hydroxylation sites is 3. The fraction of sp³-hybridized carbons (Fsp3) is 0.344. The summed E-state index contributed by atoms with van der Waals surface area (Å²) in [6, 6.07) is 28.0. The predicted octanol–water partition coefficient (Wildman–Crippen LogP) is -0.791. The lowest BCUT2D eigenvalue weighted by molar-refractivity contribution is 0.483. The molecule has 0 atom stereocenters. The standard InChI is InChI=1S/C15H14N4O.C10H12N4O.C8H14N4O.C7H12N4O.C7H14N4O.C6H10N4O.C6H12N4O.C5H10N4O/c16-13-14(17)18(11-7-3-1-4-8-11)19(15(13)20)12-9-5-2-6-10-12;1-13-10(15)8(11)9(12)14(13)7-5-3-2-4-6-7;1-2-10-7-6(9)8(13)12-5-3-4-11(7)12;1-9-6-5(8)7(12)11-4-2-3-10(6)11;1-3-10-6(9)5(8)7(12)11(10)4-2;7-4-5(8)9-2-1-3-10(9)6(4)11;1-3-10-5(8)4(7)6(11)9(10)2;1-8-4(7)3(6)5(10)9(8)2/h1-10H,16-17H2;2-6H,11-12H2,1H3;10H,2-5,9H2,1H3;9H,2-4,8H2,1H3;3-4,8-9H2,1-2H3;1-3,7-8H2;3,7-8H2,1-2H3;6-7H2,1-2H3. The van der Waals surface area contributed by atoms with E-state index in [1.54, 1.807) is 72.7 Å². The van der Waals surface area contributed by atoms with Gasteiger partial charge in [0.2, 0.25) is 0 Å². The van der Waals surface area contributed by atoms with Gasteiger partial charge in [-0.1, -0.05) is 54.6 Å². The van der Waals surface area contributed by atoms with Crippen LogP contribution >= 0.6 is 0 Å². The van der Waals surface area contributed by atoms with Gasteiger partial charge < -0.3 is 90.9 Å². The highest BCUT2D eigenvalue weighted by molar-refractivity contribution is 5.65. The molecule has 0 radical (unpaired) electrons. The van der Waals surface area contributed by atoms with Crippen molar-refractivity contribution in [1.29, 1.82) is 0 Å². The molecule has 40 heteroatoms. The summed E-state index contributed by atoms with van der Waals surface area (Å²) in [5.41, 5.74) is 80.3. The average Bonchev–Trinajstić information content (AvgIpc) is 1.63. The molecule has 40 nitrogen and oxygen atoms in total. The molecule has 0 saturated heterocycles. The molecule has 3 aromatic carbocycles. The first-order valence-corrected chi connectivity index (χ1v) is 33.1. The molecule has 104 heavy (non-hydrogen) atoms. The monoisotopic (exact) mass is 1440 g/mol. The Kier molecular flexibility index (Phi) is 24.8. The second-order valence-electron chi connectivity index (χ2n) is 23.5. The van der Waals surface area contributed by atoms with Crippen molar-refractivity contribution in [3.05, 3.63) is 174 Å². The summed E-state index contributed by atoms with van der Waals surface area (Å²) in [5.74, 6) is 3.48. The number of anilines is 16. The summed E-state index contributed by atoms with van der Waals surface area (Å²) in [7, 11) is 8.32. The number of hydrogen-bond donors (Lipinski definition) is 16. The molecule has 11 aromatic rings. The van der Waals surface area contributed by atoms with Gasteiger partial charge in [-0.25, -0.2) is 37.5 Å². The van der Waals surface area contributed by atoms with E-state index < -0.39 is 0 Å². The largest absolute Gasteiger partial charge is 0.391 e. The molecule has 14 rings (SSSR count). The first-order valence-electron chi connectivity index (χ1n) is 33.1. The van der Waals surface area contributed by atoms with Crippen LogP contribution in [0.2, 0.25) is 0 Å². The summed E-state index contributed by atoms with van der Waals surface area (Å²) in [6.45, 7) is 15.2. The van der Waals surface area contributed by atoms with Crippen LogP contribution < -0.4 is 135 Å². The highest BCUT2D eigenvalue weighted by atomic mass is 16.2. The minimum absolute atomic E-state index is 0.0534. The zero-order valence-corrected chi connectivity index (χ0v) is 59.9. The highest BCUT2D eigenvalue weighted by Crippen LogP contribution is 2.24. The Morgan fingerprint density at radius 3 is 1.00 bits per heavy atom. The lowest BCUT2D eigenvalue weighted by Gasteiger charge is -2.12. The minimum atomic E-state index is -0.322. The van der Waals surface area contributed by atoms with Crippen LogP contribution in [0, 0.1) is 0 Å². The Hall–Kier alpha value is -13.5. The van der Waals surface area contributed by atoms with Crippen LogP contribution in [-0.2, 0) is 87.1 Å². The molecule has 0 amide bonds. The maximum Gasteiger partial charge on any atom is 0.297 e. The Bertz CT molecular complexity index is 5270. The third kappa shape index (κ3) is 15.2. The number of hydrogen-bond acceptors (Lipinski definition) is 24. The second-order valence-corrected chi connectivity index (χ2v) is 23.5. The van der Waals surface area contributed by atoms with Crippen LogP contribution in [-0.4, -0.2) is 88.5 Å². The summed E-state index contributed by atoms with van der Waals surface area (Å²) in [5, 5.41) is 6.05. The van der Waals surface area contributed by atoms with Crippen molar-refractivity contribution in [2.45, 2.75) is 106 Å². The van der Waals surface area contributed by atoms with Gasteiger partial charge in [0.05, 0.1) is 17.1 Å². The van der Waals surface area contributed by atoms with E-state index in [9.17, 15) is 38.4 Å². The van der Waals surface area contributed by atoms with Crippen molar-refractivity contribution in [2.75, 3.05) is 104 Å². The molecule has 0 bridgehead atoms. The predicted molar refractivity (Wildman–Crippen MR) is 414 cm³/mol. The van der Waals surface area contributed by atoms with Crippen molar-refractivity contribution >= 4 is 92.0 Å². The van der Waals surface area contributed by atoms with Crippen LogP contribution in [0.1, 0.15) is 47.0 Å². The second kappa shape index (κ2) is 33.1. The van der Waals surface area contributed by atoms with Crippen molar-refractivity contribution in [1.82, 2.24) is 74.9 Å². The Morgan fingerprint density at radius 2 is 0.635 bits per heavy atom. The van der Waals surface area contributed by atoms with Crippen LogP contribution in [0.3, 0.4) is 0 Å². The van der Waals surface area contributed by atoms with E-state index in [2.05, 4.69) is 10.6 Å². The van der Waals surface area contributed by atoms with Crippen molar-refractivity contribution < 1.29 is 0 Å². The molecule has 0 spiro atoms. The van der Waals surface area contributed by atoms with Gasteiger partial charge in [-0.3, -0.25) is 75.8 Å². The molecule has 562 valence electrons. The molecule has 11 heterocycles. The summed E-state index contributed by atoms with van der Waals surface area (Å²) >= 11 is 0. The van der Waals surface area contributed by atoms with Gasteiger partial charge in [-0.2, -0.15) is 0 Å². The lowest BCUT2D eigenvalue weighted by atomic mass is 10.3. The van der Waals surface area contributed by atoms with E-state index in [4.69, 9.17) is 80.3 Å². The molecule has 30 N–H and O–H groups in total. The third-order valence-electron chi connectivity index (χ3n) is 17.4. The van der Waals surface area contributed by atoms with Gasteiger partial charge in [-0.15, -0.1) is 0 Å². The minimum Gasteiger partial charge on any atom is -0.391 e. The topological polar surface area (TPSA) is 604 Å². The molecule has 8 aromatic heterocycles. The fourth-order valence-electron chi connectivity index (χ4n) is 11.8. The number of aromatic nitrogens is 16. The van der Waals surface area contributed by atoms with Gasteiger partial charge in [0.25, 0.3) is 44.5 Å². The number of fused-ring (bicyclic) bond motifs is 3. The Morgan fingerprint density at radius 1 is 0.298 bits per heavy atom. The zero-order valence-electron chi connectivity index (χ0n) is 59.9. The Labute approximate surface area is 594 Å². The van der Waals surface area contributed by atoms with Crippen LogP contribution in [0.25, 0.3) is 17.1 Å². The summed E-state index contributed by atoms with van der Waals surface area (Å²) in [6.07, 6.45) is 3.01. The number of nitrogens with zero attached hydrogens (tertiary/aromatic N) is 16. The van der Waals surface area contributed by atoms with Gasteiger partial charge in [0.15, 0.2) is 11.6 Å². The van der Waals surface area contributed by atoms with Gasteiger partial charge >= 0.3 is 0 Å². The van der Waals surface area contributed by atoms with E-state index in [0.717, 1.165) is 88.1 Å². The zero-order chi connectivity index (χ0) is 77.0. The summed E-state index contributed by atoms with van der Waals surface area (Å²) in [4.78, 5) is 91.4. The van der Waals surface area contributed by atoms with E-state index in [1.807, 2.05) is 128 Å². The number of nitrogens with one attached hydrogen (secondary N) is 2. The Balaban J connectivity index is 0.000000168. The molecule has 3 aliphatic rings. The van der Waals surface area contributed by atoms with Gasteiger partial charge in [-0.05, 0) is 83.4 Å². The SMILES string of the molecule is CCNc1c(N)c(=O)n2n1CCC2.CCn1c(N)c(N)c(=O)n1C.CCn1c(N)c(N)c(=O)n1CC.CNc1c(N)c(=O)n2n1CCC2.Cn1c(=O)c(N)c(N)n1-c1ccccc1.Cn1c(N)c(N)c(=O)n1C.Nc1c(N)n(-c2ccccc2)n(-c2ccccc2)c1=O.Nc1c(N)n2n(c1=O)CCC2. The average molecular weight is 1440 g/mol. The van der Waals surface area contributed by atoms with Crippen molar-refractivity contribution in [3.8, 4) is 17.1 Å². The lowest BCUT2D eigenvalue weighted by Crippen LogP contribution is -2.22. The molecule has 0 aliphatic carbocycles. The number of benzene rings is 3. The number of nitrogens with two attached hydrogens (primary N) is 14. The summed E-state index contributed by atoms with van der Waals surface area (Å²) < 4.78 is 25.7. The quantitative estimate of drug-likeness (QED) is 0.0842. The van der Waals surface area contributed by atoms with Crippen molar-refractivity contribution in [3.63, 3.8) is 0 Å². The number of nitrogen functional groups attached to an aromatic ring is 14. The molecule has 3 aliphatic heterocycles. The molecule has 0 unspecified atom stereocenters. The maximum atomic E-state index is 12.3. The number of rotatable bonds is 9. The van der Waals surface area contributed by atoms with E-state index in [-0.39, 0.29) is 90.2 Å². The molecule has 0 fully saturated rings. The fourth-order valence-corrected chi connectivity index (χ4v) is 11.8. The molecular formula is C64H98N32O8. The third-order valence-corrected chi connectivity index (χ3v) is 17.4. The normalized spacial score (nSPS) is 12.0. The maximum absolute atomic E-state index is 12.3.